The van der Waals surface area contributed by atoms with E-state index in [0.29, 0.717) is 17.1 Å². The van der Waals surface area contributed by atoms with E-state index in [1.54, 1.807) is 0 Å². The first-order chi connectivity index (χ1) is 16.1. The van der Waals surface area contributed by atoms with E-state index < -0.39 is 0 Å². The van der Waals surface area contributed by atoms with E-state index in [4.69, 9.17) is 22.2 Å². The van der Waals surface area contributed by atoms with Gasteiger partial charge in [0.05, 0.1) is 0 Å². The van der Waals surface area contributed by atoms with E-state index in [-0.39, 0.29) is 5.82 Å². The van der Waals surface area contributed by atoms with Crippen LogP contribution in [0.25, 0.3) is 0 Å². The third kappa shape index (κ3) is 6.76. The van der Waals surface area contributed by atoms with Crippen LogP contribution >= 0.6 is 12.2 Å². The van der Waals surface area contributed by atoms with E-state index in [2.05, 4.69) is 33.4 Å². The second kappa shape index (κ2) is 11.6. The molecule has 0 radical (unpaired) electrons. The van der Waals surface area contributed by atoms with Crippen LogP contribution in [0.3, 0.4) is 0 Å². The highest BCUT2D eigenvalue weighted by Crippen LogP contribution is 2.28. The summed E-state index contributed by atoms with van der Waals surface area (Å²) in [5, 5.41) is 7.01. The first-order valence-corrected chi connectivity index (χ1v) is 12.7. The van der Waals surface area contributed by atoms with E-state index in [0.717, 1.165) is 56.2 Å². The van der Waals surface area contributed by atoms with Crippen LogP contribution in [0, 0.1) is 5.82 Å². The van der Waals surface area contributed by atoms with Crippen LogP contribution in [-0.4, -0.2) is 47.3 Å². The highest BCUT2D eigenvalue weighted by Gasteiger charge is 2.23. The number of halogens is 1. The SMILES string of the molecule is C[C@@H]1CCCCN1c1cc(N2CCCCC2)nc(NC(=S)NCCCc2ccc(F)cc2)n1. The normalized spacial score (nSPS) is 18.8. The molecule has 2 aliphatic rings. The van der Waals surface area contributed by atoms with Gasteiger partial charge in [0.1, 0.15) is 17.5 Å². The molecule has 2 aliphatic heterocycles. The molecule has 2 fully saturated rings. The smallest absolute Gasteiger partial charge is 0.232 e. The van der Waals surface area contributed by atoms with Crippen LogP contribution in [0.2, 0.25) is 0 Å². The lowest BCUT2D eigenvalue weighted by molar-refractivity contribution is 0.481. The molecule has 0 unspecified atom stereocenters. The van der Waals surface area contributed by atoms with E-state index in [9.17, 15) is 4.39 Å². The van der Waals surface area contributed by atoms with E-state index >= 15 is 0 Å². The lowest BCUT2D eigenvalue weighted by Gasteiger charge is -2.35. The number of thiocarbonyl (C=S) groups is 1. The molecule has 1 aromatic heterocycles. The Kier molecular flexibility index (Phi) is 8.31. The first-order valence-electron chi connectivity index (χ1n) is 12.3. The predicted molar refractivity (Wildman–Crippen MR) is 138 cm³/mol. The second-order valence-corrected chi connectivity index (χ2v) is 9.51. The third-order valence-corrected chi connectivity index (χ3v) is 6.79. The molecule has 3 heterocycles. The van der Waals surface area contributed by atoms with Gasteiger partial charge in [0.2, 0.25) is 5.95 Å². The monoisotopic (exact) mass is 470 g/mol. The molecule has 33 heavy (non-hydrogen) atoms. The van der Waals surface area contributed by atoms with Gasteiger partial charge in [-0.05, 0) is 88.2 Å². The Morgan fingerprint density at radius 2 is 1.76 bits per heavy atom. The highest BCUT2D eigenvalue weighted by molar-refractivity contribution is 7.80. The van der Waals surface area contributed by atoms with Crippen molar-refractivity contribution in [2.45, 2.75) is 64.3 Å². The van der Waals surface area contributed by atoms with Gasteiger partial charge < -0.3 is 20.4 Å². The zero-order valence-corrected chi connectivity index (χ0v) is 20.3. The molecule has 178 valence electrons. The molecule has 0 aliphatic carbocycles. The zero-order chi connectivity index (χ0) is 23.0. The largest absolute Gasteiger partial charge is 0.362 e. The Morgan fingerprint density at radius 3 is 2.52 bits per heavy atom. The molecule has 0 amide bonds. The van der Waals surface area contributed by atoms with Gasteiger partial charge in [0, 0.05) is 38.3 Å². The van der Waals surface area contributed by atoms with Crippen molar-refractivity contribution in [3.8, 4) is 0 Å². The number of aromatic nitrogens is 2. The van der Waals surface area contributed by atoms with E-state index in [1.807, 2.05) is 12.1 Å². The molecule has 0 saturated carbocycles. The fourth-order valence-corrected chi connectivity index (χ4v) is 4.83. The lowest BCUT2D eigenvalue weighted by Crippen LogP contribution is -2.39. The molecule has 2 N–H and O–H groups in total. The fourth-order valence-electron chi connectivity index (χ4n) is 4.64. The Labute approximate surface area is 202 Å². The minimum atomic E-state index is -0.202. The summed E-state index contributed by atoms with van der Waals surface area (Å²) >= 11 is 5.53. The minimum Gasteiger partial charge on any atom is -0.362 e. The predicted octanol–water partition coefficient (Wildman–Crippen LogP) is 4.90. The number of piperidine rings is 2. The number of hydrogen-bond donors (Lipinski definition) is 2. The van der Waals surface area contributed by atoms with Crippen LogP contribution in [0.5, 0.6) is 0 Å². The number of benzene rings is 1. The standard InChI is InChI=1S/C25H35FN6S/c1-19-8-3-6-17-32(19)23-18-22(31-15-4-2-5-16-31)28-24(29-23)30-25(33)27-14-7-9-20-10-12-21(26)13-11-20/h10-13,18-19H,2-9,14-17H2,1H3,(H2,27,28,29,30,33)/t19-/m1/s1. The summed E-state index contributed by atoms with van der Waals surface area (Å²) in [6.07, 6.45) is 9.14. The summed E-state index contributed by atoms with van der Waals surface area (Å²) < 4.78 is 13.0. The second-order valence-electron chi connectivity index (χ2n) is 9.10. The first kappa shape index (κ1) is 23.7. The molecule has 1 atom stereocenters. The topological polar surface area (TPSA) is 56.3 Å². The van der Waals surface area contributed by atoms with Gasteiger partial charge >= 0.3 is 0 Å². The average Bonchev–Trinajstić information content (AvgIpc) is 2.83. The van der Waals surface area contributed by atoms with Crippen molar-refractivity contribution in [1.29, 1.82) is 0 Å². The molecule has 0 bridgehead atoms. The molecule has 0 spiro atoms. The van der Waals surface area contributed by atoms with Gasteiger partial charge in [-0.1, -0.05) is 12.1 Å². The van der Waals surface area contributed by atoms with Gasteiger partial charge in [-0.15, -0.1) is 0 Å². The maximum atomic E-state index is 13.0. The molecular formula is C25H35FN6S. The quantitative estimate of drug-likeness (QED) is 0.441. The number of nitrogens with zero attached hydrogens (tertiary/aromatic N) is 4. The summed E-state index contributed by atoms with van der Waals surface area (Å²) in [6.45, 7) is 6.12. The van der Waals surface area contributed by atoms with Gasteiger partial charge in [-0.2, -0.15) is 9.97 Å². The van der Waals surface area contributed by atoms with Crippen molar-refractivity contribution in [1.82, 2.24) is 15.3 Å². The summed E-state index contributed by atoms with van der Waals surface area (Å²) in [4.78, 5) is 14.4. The highest BCUT2D eigenvalue weighted by atomic mass is 32.1. The van der Waals surface area contributed by atoms with Crippen molar-refractivity contribution in [3.63, 3.8) is 0 Å². The molecule has 1 aromatic carbocycles. The van der Waals surface area contributed by atoms with Crippen molar-refractivity contribution in [2.75, 3.05) is 41.3 Å². The summed E-state index contributed by atoms with van der Waals surface area (Å²) in [6, 6.07) is 9.29. The molecule has 8 heteroatoms. The maximum absolute atomic E-state index is 13.0. The summed E-state index contributed by atoms with van der Waals surface area (Å²) in [5.74, 6) is 2.33. The number of anilines is 3. The number of hydrogen-bond acceptors (Lipinski definition) is 5. The van der Waals surface area contributed by atoms with Crippen LogP contribution in [0.1, 0.15) is 57.4 Å². The van der Waals surface area contributed by atoms with Crippen molar-refractivity contribution in [3.05, 3.63) is 41.7 Å². The van der Waals surface area contributed by atoms with Gasteiger partial charge in [0.25, 0.3) is 0 Å². The maximum Gasteiger partial charge on any atom is 0.232 e. The Hall–Kier alpha value is -2.48. The molecule has 2 aromatic rings. The van der Waals surface area contributed by atoms with Crippen LogP contribution in [0.4, 0.5) is 22.0 Å². The van der Waals surface area contributed by atoms with Gasteiger partial charge in [-0.3, -0.25) is 0 Å². The van der Waals surface area contributed by atoms with Crippen molar-refractivity contribution < 1.29 is 4.39 Å². The Balaban J connectivity index is 1.38. The van der Waals surface area contributed by atoms with Crippen LogP contribution in [-0.2, 0) is 6.42 Å². The fraction of sp³-hybridized carbons (Fsp3) is 0.560. The molecular weight excluding hydrogens is 435 g/mol. The summed E-state index contributed by atoms with van der Waals surface area (Å²) in [5.41, 5.74) is 1.12. The minimum absolute atomic E-state index is 0.202. The molecule has 2 saturated heterocycles. The van der Waals surface area contributed by atoms with Gasteiger partial charge in [-0.25, -0.2) is 4.39 Å². The average molecular weight is 471 g/mol. The Bertz CT molecular complexity index is 916. The lowest BCUT2D eigenvalue weighted by atomic mass is 10.0. The van der Waals surface area contributed by atoms with Crippen LogP contribution in [0.15, 0.2) is 30.3 Å². The molecule has 4 rings (SSSR count). The number of aryl methyl sites for hydroxylation is 1. The Morgan fingerprint density at radius 1 is 1.03 bits per heavy atom. The third-order valence-electron chi connectivity index (χ3n) is 6.54. The van der Waals surface area contributed by atoms with E-state index in [1.165, 1.54) is 50.7 Å². The summed E-state index contributed by atoms with van der Waals surface area (Å²) in [7, 11) is 0. The van der Waals surface area contributed by atoms with Crippen LogP contribution < -0.4 is 20.4 Å². The van der Waals surface area contributed by atoms with Crippen molar-refractivity contribution >= 4 is 34.9 Å². The van der Waals surface area contributed by atoms with Crippen molar-refractivity contribution in [2.24, 2.45) is 0 Å². The molecule has 6 nitrogen and oxygen atoms in total. The number of nitrogens with one attached hydrogen (secondary N) is 2. The zero-order valence-electron chi connectivity index (χ0n) is 19.5. The number of rotatable bonds is 7. The van der Waals surface area contributed by atoms with Gasteiger partial charge in [0.15, 0.2) is 5.11 Å².